The standard InChI is InChI=1S/C23H29N3O3/c1-28-21-11-9-20(10-12-21)26-22(27)29-17-23(26,16-25-13-3-2-4-14-25)15-18-5-7-19(24)8-6-18/h5-12H,2-4,13-17,24H2,1H3. The largest absolute Gasteiger partial charge is 0.497 e. The van der Waals surface area contributed by atoms with Gasteiger partial charge in [0.1, 0.15) is 17.9 Å². The number of hydrogen-bond donors (Lipinski definition) is 1. The van der Waals surface area contributed by atoms with Crippen LogP contribution in [0.25, 0.3) is 0 Å². The van der Waals surface area contributed by atoms with Crippen molar-refractivity contribution in [3.63, 3.8) is 0 Å². The fourth-order valence-corrected chi connectivity index (χ4v) is 4.48. The predicted molar refractivity (Wildman–Crippen MR) is 114 cm³/mol. The number of anilines is 2. The molecule has 2 fully saturated rings. The van der Waals surface area contributed by atoms with E-state index in [0.29, 0.717) is 13.0 Å². The van der Waals surface area contributed by atoms with Crippen molar-refractivity contribution in [3.8, 4) is 5.75 Å². The van der Waals surface area contributed by atoms with Gasteiger partial charge in [-0.2, -0.15) is 0 Å². The van der Waals surface area contributed by atoms with E-state index in [1.54, 1.807) is 7.11 Å². The average Bonchev–Trinajstić information content (AvgIpc) is 3.06. The number of amides is 1. The van der Waals surface area contributed by atoms with Gasteiger partial charge in [-0.05, 0) is 67.9 Å². The van der Waals surface area contributed by atoms with Gasteiger partial charge in [-0.25, -0.2) is 4.79 Å². The molecule has 154 valence electrons. The van der Waals surface area contributed by atoms with E-state index in [9.17, 15) is 4.79 Å². The first-order valence-corrected chi connectivity index (χ1v) is 10.3. The van der Waals surface area contributed by atoms with Gasteiger partial charge in [-0.3, -0.25) is 4.90 Å². The molecular formula is C23H29N3O3. The van der Waals surface area contributed by atoms with Crippen LogP contribution in [0, 0.1) is 0 Å². The fraction of sp³-hybridized carbons (Fsp3) is 0.435. The maximum Gasteiger partial charge on any atom is 0.415 e. The van der Waals surface area contributed by atoms with Crippen LogP contribution in [0.5, 0.6) is 5.75 Å². The summed E-state index contributed by atoms with van der Waals surface area (Å²) in [6.07, 6.45) is 4.10. The van der Waals surface area contributed by atoms with Crippen molar-refractivity contribution < 1.29 is 14.3 Å². The van der Waals surface area contributed by atoms with E-state index in [4.69, 9.17) is 15.2 Å². The van der Waals surface area contributed by atoms with Gasteiger partial charge >= 0.3 is 6.09 Å². The summed E-state index contributed by atoms with van der Waals surface area (Å²) in [5.41, 5.74) is 8.14. The van der Waals surface area contributed by atoms with Crippen LogP contribution in [-0.4, -0.2) is 49.9 Å². The Morgan fingerprint density at radius 1 is 1.03 bits per heavy atom. The maximum atomic E-state index is 12.9. The second-order valence-electron chi connectivity index (χ2n) is 8.07. The lowest BCUT2D eigenvalue weighted by molar-refractivity contribution is 0.145. The molecule has 29 heavy (non-hydrogen) atoms. The molecule has 4 rings (SSSR count). The smallest absolute Gasteiger partial charge is 0.415 e. The van der Waals surface area contributed by atoms with E-state index in [2.05, 4.69) is 4.90 Å². The molecule has 1 amide bonds. The molecule has 0 aliphatic carbocycles. The average molecular weight is 396 g/mol. The Morgan fingerprint density at radius 2 is 1.72 bits per heavy atom. The molecule has 0 radical (unpaired) electrons. The minimum atomic E-state index is -0.459. The Morgan fingerprint density at radius 3 is 2.38 bits per heavy atom. The van der Waals surface area contributed by atoms with Crippen LogP contribution in [0.15, 0.2) is 48.5 Å². The lowest BCUT2D eigenvalue weighted by atomic mass is 9.88. The minimum absolute atomic E-state index is 0.289. The molecule has 0 spiro atoms. The number of benzene rings is 2. The third kappa shape index (κ3) is 4.17. The Hall–Kier alpha value is -2.73. The van der Waals surface area contributed by atoms with E-state index in [1.165, 1.54) is 19.3 Å². The zero-order chi connectivity index (χ0) is 20.3. The molecule has 2 saturated heterocycles. The van der Waals surface area contributed by atoms with Crippen LogP contribution in [0.2, 0.25) is 0 Å². The molecular weight excluding hydrogens is 366 g/mol. The van der Waals surface area contributed by atoms with Crippen LogP contribution < -0.4 is 15.4 Å². The van der Waals surface area contributed by atoms with Gasteiger partial charge in [-0.15, -0.1) is 0 Å². The van der Waals surface area contributed by atoms with Gasteiger partial charge in [-0.1, -0.05) is 18.6 Å². The van der Waals surface area contributed by atoms with Crippen molar-refractivity contribution in [3.05, 3.63) is 54.1 Å². The highest BCUT2D eigenvalue weighted by Gasteiger charge is 2.49. The third-order valence-corrected chi connectivity index (χ3v) is 5.93. The van der Waals surface area contributed by atoms with Crippen LogP contribution in [0.3, 0.4) is 0 Å². The molecule has 2 heterocycles. The highest BCUT2D eigenvalue weighted by Crippen LogP contribution is 2.36. The summed E-state index contributed by atoms with van der Waals surface area (Å²) in [6.45, 7) is 3.29. The lowest BCUT2D eigenvalue weighted by Crippen LogP contribution is -2.57. The number of nitrogens with zero attached hydrogens (tertiary/aromatic N) is 2. The third-order valence-electron chi connectivity index (χ3n) is 5.93. The summed E-state index contributed by atoms with van der Waals surface area (Å²) < 4.78 is 10.9. The Balaban J connectivity index is 1.69. The number of carbonyl (C=O) groups excluding carboxylic acids is 1. The van der Waals surface area contributed by atoms with Gasteiger partial charge in [0, 0.05) is 24.3 Å². The number of methoxy groups -OCH3 is 1. The molecule has 2 aliphatic heterocycles. The van der Waals surface area contributed by atoms with Crippen LogP contribution >= 0.6 is 0 Å². The van der Waals surface area contributed by atoms with Crippen molar-refractivity contribution in [2.45, 2.75) is 31.2 Å². The first-order valence-electron chi connectivity index (χ1n) is 10.3. The quantitative estimate of drug-likeness (QED) is 0.756. The molecule has 0 saturated carbocycles. The predicted octanol–water partition coefficient (Wildman–Crippen LogP) is 3.70. The van der Waals surface area contributed by atoms with E-state index >= 15 is 0 Å². The summed E-state index contributed by atoms with van der Waals surface area (Å²) in [5.74, 6) is 0.765. The molecule has 1 unspecified atom stereocenters. The highest BCUT2D eigenvalue weighted by atomic mass is 16.6. The molecule has 2 aromatic carbocycles. The number of nitrogen functional groups attached to an aromatic ring is 1. The molecule has 0 aromatic heterocycles. The number of piperidine rings is 1. The molecule has 2 aliphatic rings. The number of hydrogen-bond acceptors (Lipinski definition) is 5. The molecule has 0 bridgehead atoms. The minimum Gasteiger partial charge on any atom is -0.497 e. The summed E-state index contributed by atoms with van der Waals surface area (Å²) in [6, 6.07) is 15.5. The zero-order valence-electron chi connectivity index (χ0n) is 17.0. The SMILES string of the molecule is COc1ccc(N2C(=O)OCC2(Cc2ccc(N)cc2)CN2CCCCC2)cc1. The Kier molecular flexibility index (Phi) is 5.62. The summed E-state index contributed by atoms with van der Waals surface area (Å²) in [5, 5.41) is 0. The van der Waals surface area contributed by atoms with Gasteiger partial charge in [0.15, 0.2) is 0 Å². The number of nitrogens with two attached hydrogens (primary N) is 1. The lowest BCUT2D eigenvalue weighted by Gasteiger charge is -2.41. The number of ether oxygens (including phenoxy) is 2. The van der Waals surface area contributed by atoms with E-state index in [0.717, 1.165) is 42.3 Å². The Bertz CT molecular complexity index is 831. The second kappa shape index (κ2) is 8.33. The van der Waals surface area contributed by atoms with Gasteiger partial charge in [0.25, 0.3) is 0 Å². The second-order valence-corrected chi connectivity index (χ2v) is 8.07. The van der Waals surface area contributed by atoms with E-state index in [-0.39, 0.29) is 6.09 Å². The summed E-state index contributed by atoms with van der Waals surface area (Å²) in [4.78, 5) is 17.2. The Labute approximate surface area is 172 Å². The number of cyclic esters (lactones) is 1. The first-order chi connectivity index (χ1) is 14.1. The molecule has 2 aromatic rings. The van der Waals surface area contributed by atoms with E-state index in [1.807, 2.05) is 53.4 Å². The van der Waals surface area contributed by atoms with E-state index < -0.39 is 5.54 Å². The molecule has 6 heteroatoms. The maximum absolute atomic E-state index is 12.9. The number of carbonyl (C=O) groups is 1. The first kappa shape index (κ1) is 19.6. The fourth-order valence-electron chi connectivity index (χ4n) is 4.48. The summed E-state index contributed by atoms with van der Waals surface area (Å²) in [7, 11) is 1.64. The zero-order valence-corrected chi connectivity index (χ0v) is 17.0. The van der Waals surface area contributed by atoms with Crippen LogP contribution in [-0.2, 0) is 11.2 Å². The van der Waals surface area contributed by atoms with Gasteiger partial charge in [0.2, 0.25) is 0 Å². The van der Waals surface area contributed by atoms with Crippen molar-refractivity contribution in [2.75, 3.05) is 44.0 Å². The van der Waals surface area contributed by atoms with Crippen molar-refractivity contribution in [1.29, 1.82) is 0 Å². The number of likely N-dealkylation sites (tertiary alicyclic amines) is 1. The molecule has 1 atom stereocenters. The van der Waals surface area contributed by atoms with Crippen molar-refractivity contribution in [2.24, 2.45) is 0 Å². The molecule has 6 nitrogen and oxygen atoms in total. The monoisotopic (exact) mass is 395 g/mol. The highest BCUT2D eigenvalue weighted by molar-refractivity contribution is 5.92. The summed E-state index contributed by atoms with van der Waals surface area (Å²) >= 11 is 0. The van der Waals surface area contributed by atoms with Gasteiger partial charge < -0.3 is 20.1 Å². The molecule has 2 N–H and O–H groups in total. The van der Waals surface area contributed by atoms with Crippen molar-refractivity contribution >= 4 is 17.5 Å². The van der Waals surface area contributed by atoms with Crippen LogP contribution in [0.1, 0.15) is 24.8 Å². The topological polar surface area (TPSA) is 68.0 Å². The number of rotatable bonds is 6. The normalized spacial score (nSPS) is 22.5. The van der Waals surface area contributed by atoms with Gasteiger partial charge in [0.05, 0.1) is 7.11 Å². The van der Waals surface area contributed by atoms with Crippen molar-refractivity contribution in [1.82, 2.24) is 4.90 Å². The van der Waals surface area contributed by atoms with Crippen LogP contribution in [0.4, 0.5) is 16.2 Å².